The summed E-state index contributed by atoms with van der Waals surface area (Å²) in [6.45, 7) is -0.770. The number of rotatable bonds is 1. The van der Waals surface area contributed by atoms with Gasteiger partial charge in [0.05, 0.1) is 0 Å². The number of aliphatic hydroxyl groups is 1. The van der Waals surface area contributed by atoms with E-state index in [1.165, 1.54) is 0 Å². The minimum atomic E-state index is -4.79. The summed E-state index contributed by atoms with van der Waals surface area (Å²) >= 11 is 0. The van der Waals surface area contributed by atoms with Gasteiger partial charge in [-0.05, 0) is 0 Å². The molecule has 0 aromatic rings. The van der Waals surface area contributed by atoms with E-state index < -0.39 is 36.8 Å². The molecule has 0 aromatic carbocycles. The first-order chi connectivity index (χ1) is 5.76. The maximum atomic E-state index is 12.1. The van der Waals surface area contributed by atoms with E-state index in [4.69, 9.17) is 10.2 Å². The summed E-state index contributed by atoms with van der Waals surface area (Å²) in [5.41, 5.74) is -2.91. The zero-order chi connectivity index (χ0) is 10.3. The molecule has 2 atom stereocenters. The number of carbonyl (C=O) groups is 1. The Morgan fingerprint density at radius 2 is 2.00 bits per heavy atom. The van der Waals surface area contributed by atoms with Crippen molar-refractivity contribution in [1.82, 2.24) is 5.32 Å². The molecule has 0 bridgehead atoms. The van der Waals surface area contributed by atoms with Crippen LogP contribution in [0.5, 0.6) is 0 Å². The number of aliphatic carboxylic acids is 1. The minimum absolute atomic E-state index is 0. The number of hydrogen-bond acceptors (Lipinski definition) is 3. The average Bonchev–Trinajstić information content (AvgIpc) is 2.31. The van der Waals surface area contributed by atoms with E-state index in [2.05, 4.69) is 5.32 Å². The van der Waals surface area contributed by atoms with Crippen molar-refractivity contribution in [2.24, 2.45) is 0 Å². The van der Waals surface area contributed by atoms with Gasteiger partial charge in [-0.25, -0.2) is 0 Å². The Kier molecular flexibility index (Phi) is 3.77. The van der Waals surface area contributed by atoms with Crippen LogP contribution in [0.2, 0.25) is 0 Å². The van der Waals surface area contributed by atoms with Gasteiger partial charge in [-0.1, -0.05) is 0 Å². The normalized spacial score (nSPS) is 32.4. The molecule has 84 valence electrons. The zero-order valence-electron chi connectivity index (χ0n) is 6.84. The third-order valence-electron chi connectivity index (χ3n) is 2.01. The highest BCUT2D eigenvalue weighted by Gasteiger charge is 2.58. The molecule has 8 heteroatoms. The molecule has 1 aliphatic rings. The second kappa shape index (κ2) is 3.92. The van der Waals surface area contributed by atoms with E-state index in [0.717, 1.165) is 0 Å². The van der Waals surface area contributed by atoms with Crippen LogP contribution in [0.3, 0.4) is 0 Å². The van der Waals surface area contributed by atoms with Crippen LogP contribution < -0.4 is 5.32 Å². The molecule has 0 radical (unpaired) electrons. The van der Waals surface area contributed by atoms with Gasteiger partial charge < -0.3 is 15.5 Å². The summed E-state index contributed by atoms with van der Waals surface area (Å²) in [4.78, 5) is 10.3. The Bertz CT molecular complexity index is 235. The van der Waals surface area contributed by atoms with Crippen molar-refractivity contribution in [2.75, 3.05) is 6.54 Å². The van der Waals surface area contributed by atoms with Crippen molar-refractivity contribution < 1.29 is 28.2 Å². The summed E-state index contributed by atoms with van der Waals surface area (Å²) < 4.78 is 36.3. The SMILES string of the molecule is Cl.O=C(O)[C@@H]1CC(O)(C(F)(F)F)CN1. The molecule has 0 aromatic heterocycles. The predicted octanol–water partition coefficient (Wildman–Crippen LogP) is 0.148. The molecule has 0 saturated carbocycles. The van der Waals surface area contributed by atoms with Crippen molar-refractivity contribution >= 4 is 18.4 Å². The standard InChI is InChI=1S/C6H8F3NO3.ClH/c7-6(8,9)5(13)1-3(4(11)12)10-2-5;/h3,10,13H,1-2H2,(H,11,12);1H/t3-,5?;/m0./s1. The smallest absolute Gasteiger partial charge is 0.418 e. The fourth-order valence-electron chi connectivity index (χ4n) is 1.16. The number of alkyl halides is 3. The third kappa shape index (κ3) is 2.28. The van der Waals surface area contributed by atoms with E-state index >= 15 is 0 Å². The van der Waals surface area contributed by atoms with E-state index in [9.17, 15) is 18.0 Å². The van der Waals surface area contributed by atoms with Crippen LogP contribution in [0.1, 0.15) is 6.42 Å². The largest absolute Gasteiger partial charge is 0.480 e. The van der Waals surface area contributed by atoms with Crippen LogP contribution >= 0.6 is 12.4 Å². The van der Waals surface area contributed by atoms with Crippen molar-refractivity contribution in [3.8, 4) is 0 Å². The van der Waals surface area contributed by atoms with Gasteiger partial charge >= 0.3 is 12.1 Å². The van der Waals surface area contributed by atoms with Gasteiger partial charge in [-0.3, -0.25) is 4.79 Å². The van der Waals surface area contributed by atoms with E-state index in [-0.39, 0.29) is 12.4 Å². The molecule has 0 spiro atoms. The molecule has 1 heterocycles. The Hall–Kier alpha value is -0.530. The first-order valence-corrected chi connectivity index (χ1v) is 3.51. The lowest BCUT2D eigenvalue weighted by Gasteiger charge is -2.24. The molecular formula is C6H9ClF3NO3. The maximum Gasteiger partial charge on any atom is 0.418 e. The van der Waals surface area contributed by atoms with Crippen LogP contribution in [0.25, 0.3) is 0 Å². The van der Waals surface area contributed by atoms with Crippen molar-refractivity contribution in [2.45, 2.75) is 24.2 Å². The van der Waals surface area contributed by atoms with Gasteiger partial charge in [0, 0.05) is 13.0 Å². The van der Waals surface area contributed by atoms with Gasteiger partial charge in [-0.2, -0.15) is 13.2 Å². The molecule has 0 amide bonds. The maximum absolute atomic E-state index is 12.1. The third-order valence-corrected chi connectivity index (χ3v) is 2.01. The number of carboxylic acid groups (broad SMARTS) is 1. The number of β-amino-alcohol motifs (C(OH)–C–C–N with tert-alkyl or cyclic N) is 1. The summed E-state index contributed by atoms with van der Waals surface area (Å²) in [5.74, 6) is -1.39. The lowest BCUT2D eigenvalue weighted by molar-refractivity contribution is -0.252. The van der Waals surface area contributed by atoms with Crippen molar-refractivity contribution in [3.63, 3.8) is 0 Å². The molecule has 1 rings (SSSR count). The highest BCUT2D eigenvalue weighted by molar-refractivity contribution is 5.85. The molecular weight excluding hydrogens is 227 g/mol. The van der Waals surface area contributed by atoms with Gasteiger partial charge in [-0.15, -0.1) is 12.4 Å². The second-order valence-corrected chi connectivity index (χ2v) is 3.01. The number of halogens is 4. The predicted molar refractivity (Wildman–Crippen MR) is 42.3 cm³/mol. The van der Waals surface area contributed by atoms with Crippen LogP contribution in [0.4, 0.5) is 13.2 Å². The highest BCUT2D eigenvalue weighted by Crippen LogP contribution is 2.36. The molecule has 4 nitrogen and oxygen atoms in total. The first-order valence-electron chi connectivity index (χ1n) is 3.51. The van der Waals surface area contributed by atoms with E-state index in [0.29, 0.717) is 0 Å². The molecule has 1 fully saturated rings. The topological polar surface area (TPSA) is 69.6 Å². The lowest BCUT2D eigenvalue weighted by atomic mass is 10.00. The van der Waals surface area contributed by atoms with Gasteiger partial charge in [0.2, 0.25) is 0 Å². The summed E-state index contributed by atoms with van der Waals surface area (Å²) in [7, 11) is 0. The van der Waals surface area contributed by atoms with Crippen molar-refractivity contribution in [1.29, 1.82) is 0 Å². The van der Waals surface area contributed by atoms with Crippen LogP contribution in [0, 0.1) is 0 Å². The Labute approximate surface area is 83.5 Å². The Morgan fingerprint density at radius 3 is 2.21 bits per heavy atom. The fourth-order valence-corrected chi connectivity index (χ4v) is 1.16. The molecule has 3 N–H and O–H groups in total. The van der Waals surface area contributed by atoms with Gasteiger partial charge in [0.1, 0.15) is 6.04 Å². The van der Waals surface area contributed by atoms with Gasteiger partial charge in [0.25, 0.3) is 0 Å². The van der Waals surface area contributed by atoms with Crippen LogP contribution in [-0.4, -0.2) is 40.5 Å². The first kappa shape index (κ1) is 13.5. The van der Waals surface area contributed by atoms with Crippen molar-refractivity contribution in [3.05, 3.63) is 0 Å². The Balaban J connectivity index is 0.00000169. The number of hydrogen-bond donors (Lipinski definition) is 3. The average molecular weight is 236 g/mol. The highest BCUT2D eigenvalue weighted by atomic mass is 35.5. The molecule has 1 unspecified atom stereocenters. The summed E-state index contributed by atoms with van der Waals surface area (Å²) in [6.07, 6.45) is -5.63. The Morgan fingerprint density at radius 1 is 1.50 bits per heavy atom. The monoisotopic (exact) mass is 235 g/mol. The molecule has 1 saturated heterocycles. The zero-order valence-corrected chi connectivity index (χ0v) is 7.65. The fraction of sp³-hybridized carbons (Fsp3) is 0.833. The van der Waals surface area contributed by atoms with Crippen LogP contribution in [0.15, 0.2) is 0 Å². The second-order valence-electron chi connectivity index (χ2n) is 3.01. The molecule has 1 aliphatic heterocycles. The summed E-state index contributed by atoms with van der Waals surface area (Å²) in [6, 6.07) is -1.33. The summed E-state index contributed by atoms with van der Waals surface area (Å²) in [5, 5.41) is 19.5. The number of carboxylic acids is 1. The lowest BCUT2D eigenvalue weighted by Crippen LogP contribution is -2.46. The molecule has 14 heavy (non-hydrogen) atoms. The van der Waals surface area contributed by atoms with E-state index in [1.807, 2.05) is 0 Å². The van der Waals surface area contributed by atoms with E-state index in [1.54, 1.807) is 0 Å². The quantitative estimate of drug-likeness (QED) is 0.605. The van der Waals surface area contributed by atoms with Gasteiger partial charge in [0.15, 0.2) is 5.60 Å². The number of nitrogens with one attached hydrogen (secondary N) is 1. The minimum Gasteiger partial charge on any atom is -0.480 e. The van der Waals surface area contributed by atoms with Crippen LogP contribution in [-0.2, 0) is 4.79 Å². The molecule has 0 aliphatic carbocycles.